The molecule has 0 amide bonds. The number of nitrogens with zero attached hydrogens (tertiary/aromatic N) is 3. The summed E-state index contributed by atoms with van der Waals surface area (Å²) in [5.74, 6) is 0.799. The van der Waals surface area contributed by atoms with Gasteiger partial charge in [-0.1, -0.05) is 36.8 Å². The zero-order valence-electron chi connectivity index (χ0n) is 15.4. The van der Waals surface area contributed by atoms with Crippen LogP contribution in [-0.4, -0.2) is 36.0 Å². The van der Waals surface area contributed by atoms with E-state index in [2.05, 4.69) is 15.5 Å². The lowest BCUT2D eigenvalue weighted by Crippen LogP contribution is -2.35. The third-order valence-electron chi connectivity index (χ3n) is 4.75. The minimum Gasteiger partial charge on any atom is -0.347 e. The number of piperidine rings is 1. The van der Waals surface area contributed by atoms with Gasteiger partial charge in [-0.05, 0) is 47.8 Å². The average Bonchev–Trinajstić information content (AvgIpc) is 3.23. The first-order valence-electron chi connectivity index (χ1n) is 9.35. The summed E-state index contributed by atoms with van der Waals surface area (Å²) >= 11 is 0. The molecule has 4 rings (SSSR count). The molecule has 3 aromatic rings. The summed E-state index contributed by atoms with van der Waals surface area (Å²) in [5.41, 5.74) is 1.68. The normalized spacial score (nSPS) is 15.4. The SMILES string of the molecule is O=S(=O)(c1cccc(CNc2noc(-c3ccccc3)n2)c1)N1CCCCC1. The average molecular weight is 398 g/mol. The van der Waals surface area contributed by atoms with Crippen molar-refractivity contribution in [1.29, 1.82) is 0 Å². The lowest BCUT2D eigenvalue weighted by Gasteiger charge is -2.26. The van der Waals surface area contributed by atoms with Crippen LogP contribution in [0, 0.1) is 0 Å². The quantitative estimate of drug-likeness (QED) is 0.683. The minimum absolute atomic E-state index is 0.326. The van der Waals surface area contributed by atoms with Gasteiger partial charge in [-0.2, -0.15) is 9.29 Å². The van der Waals surface area contributed by atoms with E-state index >= 15 is 0 Å². The Labute approximate surface area is 164 Å². The van der Waals surface area contributed by atoms with Gasteiger partial charge in [0.15, 0.2) is 0 Å². The Morgan fingerprint density at radius 3 is 2.57 bits per heavy atom. The molecule has 1 aromatic heterocycles. The predicted octanol–water partition coefficient (Wildman–Crippen LogP) is 3.52. The Morgan fingerprint density at radius 2 is 1.79 bits per heavy atom. The van der Waals surface area contributed by atoms with E-state index < -0.39 is 10.0 Å². The summed E-state index contributed by atoms with van der Waals surface area (Å²) in [6, 6.07) is 16.5. The molecular weight excluding hydrogens is 376 g/mol. The Morgan fingerprint density at radius 1 is 1.00 bits per heavy atom. The number of sulfonamides is 1. The van der Waals surface area contributed by atoms with Gasteiger partial charge in [0.05, 0.1) is 4.90 Å². The van der Waals surface area contributed by atoms with Crippen LogP contribution in [0.4, 0.5) is 5.95 Å². The fourth-order valence-electron chi connectivity index (χ4n) is 3.24. The molecule has 1 N–H and O–H groups in total. The maximum Gasteiger partial charge on any atom is 0.264 e. The van der Waals surface area contributed by atoms with Gasteiger partial charge in [-0.25, -0.2) is 8.42 Å². The number of anilines is 1. The van der Waals surface area contributed by atoms with Crippen molar-refractivity contribution < 1.29 is 12.9 Å². The van der Waals surface area contributed by atoms with Crippen LogP contribution in [0.15, 0.2) is 64.0 Å². The second kappa shape index (κ2) is 8.12. The molecule has 0 atom stereocenters. The van der Waals surface area contributed by atoms with Gasteiger partial charge in [0.2, 0.25) is 10.0 Å². The molecule has 0 unspecified atom stereocenters. The summed E-state index contributed by atoms with van der Waals surface area (Å²) in [5, 5.41) is 7.01. The van der Waals surface area contributed by atoms with Gasteiger partial charge in [0.1, 0.15) is 0 Å². The van der Waals surface area contributed by atoms with Crippen molar-refractivity contribution in [1.82, 2.24) is 14.4 Å². The zero-order valence-corrected chi connectivity index (χ0v) is 16.2. The highest BCUT2D eigenvalue weighted by Gasteiger charge is 2.25. The molecule has 1 fully saturated rings. The fraction of sp³-hybridized carbons (Fsp3) is 0.300. The third-order valence-corrected chi connectivity index (χ3v) is 6.64. The molecule has 0 bridgehead atoms. The number of benzene rings is 2. The van der Waals surface area contributed by atoms with Crippen LogP contribution in [0.5, 0.6) is 0 Å². The highest BCUT2D eigenvalue weighted by atomic mass is 32.2. The molecule has 7 nitrogen and oxygen atoms in total. The zero-order chi connectivity index (χ0) is 19.4. The van der Waals surface area contributed by atoms with Crippen molar-refractivity contribution in [3.05, 3.63) is 60.2 Å². The lowest BCUT2D eigenvalue weighted by atomic mass is 10.2. The van der Waals surface area contributed by atoms with E-state index in [1.54, 1.807) is 22.5 Å². The smallest absolute Gasteiger partial charge is 0.264 e. The third kappa shape index (κ3) is 4.07. The van der Waals surface area contributed by atoms with Crippen LogP contribution in [-0.2, 0) is 16.6 Å². The van der Waals surface area contributed by atoms with E-state index in [0.29, 0.717) is 36.4 Å². The van der Waals surface area contributed by atoms with Gasteiger partial charge in [0, 0.05) is 25.2 Å². The molecule has 1 saturated heterocycles. The standard InChI is InChI=1S/C20H22N4O3S/c25-28(26,24-12-5-2-6-13-24)18-11-7-8-16(14-18)15-21-20-22-19(27-23-20)17-9-3-1-4-10-17/h1,3-4,7-11,14H,2,5-6,12-13,15H2,(H,21,23). The Hall–Kier alpha value is -2.71. The number of aromatic nitrogens is 2. The van der Waals surface area contributed by atoms with E-state index in [9.17, 15) is 8.42 Å². The molecule has 1 aliphatic rings. The molecule has 0 saturated carbocycles. The summed E-state index contributed by atoms with van der Waals surface area (Å²) in [6.07, 6.45) is 2.93. The molecular formula is C20H22N4O3S. The highest BCUT2D eigenvalue weighted by molar-refractivity contribution is 7.89. The van der Waals surface area contributed by atoms with Gasteiger partial charge >= 0.3 is 0 Å². The Kier molecular flexibility index (Phi) is 5.40. The van der Waals surface area contributed by atoms with Crippen LogP contribution in [0.25, 0.3) is 11.5 Å². The Balaban J connectivity index is 1.45. The van der Waals surface area contributed by atoms with E-state index in [-0.39, 0.29) is 0 Å². The van der Waals surface area contributed by atoms with Crippen molar-refractivity contribution in [3.63, 3.8) is 0 Å². The molecule has 2 heterocycles. The predicted molar refractivity (Wildman–Crippen MR) is 106 cm³/mol. The van der Waals surface area contributed by atoms with Gasteiger partial charge in [-0.15, -0.1) is 0 Å². The molecule has 28 heavy (non-hydrogen) atoms. The van der Waals surface area contributed by atoms with Gasteiger partial charge in [-0.3, -0.25) is 0 Å². The molecule has 146 valence electrons. The van der Waals surface area contributed by atoms with Gasteiger partial charge in [0.25, 0.3) is 11.8 Å². The van der Waals surface area contributed by atoms with Crippen LogP contribution in [0.1, 0.15) is 24.8 Å². The van der Waals surface area contributed by atoms with Crippen molar-refractivity contribution in [2.24, 2.45) is 0 Å². The molecule has 1 aliphatic heterocycles. The topological polar surface area (TPSA) is 88.3 Å². The van der Waals surface area contributed by atoms with Crippen LogP contribution in [0.3, 0.4) is 0 Å². The summed E-state index contributed by atoms with van der Waals surface area (Å²) in [6.45, 7) is 1.59. The number of nitrogens with one attached hydrogen (secondary N) is 1. The summed E-state index contributed by atoms with van der Waals surface area (Å²) < 4.78 is 32.5. The monoisotopic (exact) mass is 398 g/mol. The number of hydrogen-bond acceptors (Lipinski definition) is 6. The lowest BCUT2D eigenvalue weighted by molar-refractivity contribution is 0.346. The first-order chi connectivity index (χ1) is 13.6. The van der Waals surface area contributed by atoms with E-state index in [1.807, 2.05) is 36.4 Å². The number of rotatable bonds is 6. The molecule has 0 radical (unpaired) electrons. The summed E-state index contributed by atoms with van der Waals surface area (Å²) in [4.78, 5) is 4.65. The van der Waals surface area contributed by atoms with E-state index in [1.165, 1.54) is 0 Å². The van der Waals surface area contributed by atoms with Crippen LogP contribution >= 0.6 is 0 Å². The van der Waals surface area contributed by atoms with Crippen molar-refractivity contribution in [3.8, 4) is 11.5 Å². The second-order valence-corrected chi connectivity index (χ2v) is 8.69. The van der Waals surface area contributed by atoms with E-state index in [0.717, 1.165) is 30.4 Å². The fourth-order valence-corrected chi connectivity index (χ4v) is 4.83. The number of hydrogen-bond donors (Lipinski definition) is 1. The largest absolute Gasteiger partial charge is 0.347 e. The van der Waals surface area contributed by atoms with Crippen molar-refractivity contribution in [2.45, 2.75) is 30.7 Å². The van der Waals surface area contributed by atoms with Crippen LogP contribution in [0.2, 0.25) is 0 Å². The molecule has 0 spiro atoms. The summed E-state index contributed by atoms with van der Waals surface area (Å²) in [7, 11) is -3.44. The van der Waals surface area contributed by atoms with Crippen LogP contribution < -0.4 is 5.32 Å². The first kappa shape index (κ1) is 18.6. The molecule has 2 aromatic carbocycles. The Bertz CT molecular complexity index is 1030. The van der Waals surface area contributed by atoms with Crippen molar-refractivity contribution in [2.75, 3.05) is 18.4 Å². The van der Waals surface area contributed by atoms with Gasteiger partial charge < -0.3 is 9.84 Å². The van der Waals surface area contributed by atoms with Crippen molar-refractivity contribution >= 4 is 16.0 Å². The highest BCUT2D eigenvalue weighted by Crippen LogP contribution is 2.22. The maximum atomic E-state index is 12.8. The van der Waals surface area contributed by atoms with E-state index in [4.69, 9.17) is 4.52 Å². The maximum absolute atomic E-state index is 12.8. The first-order valence-corrected chi connectivity index (χ1v) is 10.8. The molecule has 0 aliphatic carbocycles. The second-order valence-electron chi connectivity index (χ2n) is 6.75. The molecule has 8 heteroatoms. The minimum atomic E-state index is -3.44.